The van der Waals surface area contributed by atoms with Crippen LogP contribution in [0.4, 0.5) is 5.69 Å². The molecule has 5 rings (SSSR count). The van der Waals surface area contributed by atoms with Crippen LogP contribution < -0.4 is 60.2 Å². The van der Waals surface area contributed by atoms with Gasteiger partial charge in [-0.15, -0.1) is 0 Å². The second kappa shape index (κ2) is 29.9. The van der Waals surface area contributed by atoms with Gasteiger partial charge in [-0.25, -0.2) is 0 Å². The lowest BCUT2D eigenvalue weighted by atomic mass is 9.98. The average molecular weight is 1060 g/mol. The van der Waals surface area contributed by atoms with Crippen LogP contribution in [-0.4, -0.2) is 120 Å². The van der Waals surface area contributed by atoms with Gasteiger partial charge in [0.05, 0.1) is 6.54 Å². The van der Waals surface area contributed by atoms with Crippen LogP contribution in [0, 0.1) is 5.92 Å². The zero-order valence-corrected chi connectivity index (χ0v) is 43.8. The second-order valence-electron chi connectivity index (χ2n) is 18.9. The van der Waals surface area contributed by atoms with Gasteiger partial charge in [-0.2, -0.15) is 0 Å². The van der Waals surface area contributed by atoms with Crippen molar-refractivity contribution in [1.29, 1.82) is 0 Å². The fraction of sp³-hybridized carbons (Fsp3) is 0.382. The molecule has 77 heavy (non-hydrogen) atoms. The summed E-state index contributed by atoms with van der Waals surface area (Å²) in [6.07, 6.45) is 1.68. The van der Waals surface area contributed by atoms with Gasteiger partial charge in [0.15, 0.2) is 11.9 Å². The standard InChI is InChI=1S/C55H72N14O8/c1-34(2)47(52(76)67-44(30-36-16-7-4-8-17-36)49(73)63-32-37-18-9-5-10-19-37)68-48(72)39-25-26-41(40(31-39)38-20-11-6-12-21-38)65-50(74)42(22-13-27-60-54(56)57)66-51(75)45-24-15-29-69(45)53(77)43(23-14-28-61-55(58)59)64-46(71)33-62-35(3)70/h4-12,16-21,25-26,31,34,42-45,47H,13-15,22-24,27-30,32-33H2,1-3H3,(H,62,70)(H,63,73)(H,64,71)(H,65,74)(H,66,75)(H,67,76)(H,68,72)(H4,56,57,60)(H4,58,59,61). The van der Waals surface area contributed by atoms with E-state index in [1.165, 1.54) is 17.9 Å². The lowest BCUT2D eigenvalue weighted by Crippen LogP contribution is -2.56. The van der Waals surface area contributed by atoms with Crippen molar-refractivity contribution < 1.29 is 38.4 Å². The molecule has 410 valence electrons. The van der Waals surface area contributed by atoms with Crippen molar-refractivity contribution in [2.45, 2.75) is 102 Å². The lowest BCUT2D eigenvalue weighted by Gasteiger charge is -2.30. The van der Waals surface area contributed by atoms with E-state index in [9.17, 15) is 38.4 Å². The maximum Gasteiger partial charge on any atom is 0.251 e. The SMILES string of the molecule is CC(=O)NCC(=O)NC(CCCN=C(N)N)C(=O)N1CCCC1C(=O)NC(CCCN=C(N)N)C(=O)Nc1ccc(C(=O)NC(C(=O)NC(Cc2ccccc2)C(=O)NCc2ccccc2)C(C)C)cc1-c1ccccc1. The predicted octanol–water partition coefficient (Wildman–Crippen LogP) is 1.29. The fourth-order valence-corrected chi connectivity index (χ4v) is 8.61. The first kappa shape index (κ1) is 59.1. The molecule has 4 aromatic rings. The highest BCUT2D eigenvalue weighted by Crippen LogP contribution is 2.30. The maximum atomic E-state index is 14.5. The van der Waals surface area contributed by atoms with E-state index in [2.05, 4.69) is 47.2 Å². The molecule has 15 N–H and O–H groups in total. The van der Waals surface area contributed by atoms with Crippen molar-refractivity contribution in [3.8, 4) is 11.1 Å². The number of nitrogens with one attached hydrogen (secondary N) is 7. The lowest BCUT2D eigenvalue weighted by molar-refractivity contribution is -0.142. The molecule has 0 bridgehead atoms. The number of nitrogens with two attached hydrogens (primary N) is 4. The maximum absolute atomic E-state index is 14.5. The van der Waals surface area contributed by atoms with Gasteiger partial charge in [0, 0.05) is 56.3 Å². The average Bonchev–Trinajstić information content (AvgIpc) is 3.91. The second-order valence-corrected chi connectivity index (χ2v) is 18.9. The first-order chi connectivity index (χ1) is 36.9. The summed E-state index contributed by atoms with van der Waals surface area (Å²) in [5, 5.41) is 19.5. The topological polar surface area (TPSA) is 353 Å². The summed E-state index contributed by atoms with van der Waals surface area (Å²) in [5.74, 6) is -5.07. The van der Waals surface area contributed by atoms with Gasteiger partial charge < -0.3 is 65.1 Å². The van der Waals surface area contributed by atoms with E-state index in [0.29, 0.717) is 29.7 Å². The zero-order chi connectivity index (χ0) is 55.9. The molecule has 5 unspecified atom stereocenters. The highest BCUT2D eigenvalue weighted by molar-refractivity contribution is 6.04. The van der Waals surface area contributed by atoms with Gasteiger partial charge >= 0.3 is 0 Å². The number of anilines is 1. The number of hydrogen-bond donors (Lipinski definition) is 11. The molecule has 5 atom stereocenters. The number of guanidine groups is 2. The quantitative estimate of drug-likeness (QED) is 0.0229. The summed E-state index contributed by atoms with van der Waals surface area (Å²) in [4.78, 5) is 118. The van der Waals surface area contributed by atoms with Crippen LogP contribution in [0.25, 0.3) is 11.1 Å². The third-order valence-corrected chi connectivity index (χ3v) is 12.6. The van der Waals surface area contributed by atoms with Crippen LogP contribution in [0.2, 0.25) is 0 Å². The molecule has 1 fully saturated rings. The van der Waals surface area contributed by atoms with Crippen LogP contribution in [0.15, 0.2) is 119 Å². The highest BCUT2D eigenvalue weighted by Gasteiger charge is 2.39. The molecule has 0 saturated carbocycles. The van der Waals surface area contributed by atoms with E-state index >= 15 is 0 Å². The molecule has 1 aliphatic heterocycles. The third kappa shape index (κ3) is 19.1. The van der Waals surface area contributed by atoms with Crippen molar-refractivity contribution >= 4 is 64.9 Å². The summed E-state index contributed by atoms with van der Waals surface area (Å²) in [6, 6.07) is 27.0. The number of hydrogen-bond acceptors (Lipinski definition) is 10. The van der Waals surface area contributed by atoms with E-state index in [0.717, 1.165) is 11.1 Å². The van der Waals surface area contributed by atoms with E-state index in [-0.39, 0.29) is 82.3 Å². The minimum atomic E-state index is -1.18. The Morgan fingerprint density at radius 3 is 1.84 bits per heavy atom. The number of rotatable bonds is 27. The van der Waals surface area contributed by atoms with Gasteiger partial charge in [-0.3, -0.25) is 48.3 Å². The number of benzene rings is 4. The minimum Gasteiger partial charge on any atom is -0.370 e. The van der Waals surface area contributed by atoms with Gasteiger partial charge in [0.25, 0.3) is 5.91 Å². The molecular formula is C55H72N14O8. The number of carbonyl (C=O) groups excluding carboxylic acids is 8. The molecule has 0 radical (unpaired) electrons. The summed E-state index contributed by atoms with van der Waals surface area (Å²) >= 11 is 0. The molecule has 1 aliphatic rings. The summed E-state index contributed by atoms with van der Waals surface area (Å²) in [6.45, 7) is 5.19. The number of nitrogens with zero attached hydrogens (tertiary/aromatic N) is 3. The van der Waals surface area contributed by atoms with E-state index in [1.807, 2.05) is 66.7 Å². The van der Waals surface area contributed by atoms with Crippen molar-refractivity contribution in [3.05, 3.63) is 126 Å². The van der Waals surface area contributed by atoms with Crippen molar-refractivity contribution in [2.24, 2.45) is 38.8 Å². The first-order valence-corrected chi connectivity index (χ1v) is 25.6. The highest BCUT2D eigenvalue weighted by atomic mass is 16.2. The molecule has 0 spiro atoms. The van der Waals surface area contributed by atoms with Crippen LogP contribution in [-0.2, 0) is 46.5 Å². The minimum absolute atomic E-state index is 0.0718. The van der Waals surface area contributed by atoms with Gasteiger partial charge in [0.1, 0.15) is 30.2 Å². The molecule has 1 heterocycles. The Balaban J connectivity index is 1.36. The molecule has 1 saturated heterocycles. The van der Waals surface area contributed by atoms with E-state index in [4.69, 9.17) is 22.9 Å². The van der Waals surface area contributed by atoms with Crippen LogP contribution in [0.5, 0.6) is 0 Å². The molecule has 22 heteroatoms. The van der Waals surface area contributed by atoms with Crippen molar-refractivity contribution in [1.82, 2.24) is 36.8 Å². The van der Waals surface area contributed by atoms with Crippen LogP contribution >= 0.6 is 0 Å². The number of likely N-dealkylation sites (tertiary alicyclic amines) is 1. The summed E-state index contributed by atoms with van der Waals surface area (Å²) in [7, 11) is 0. The molecule has 0 aliphatic carbocycles. The molecular weight excluding hydrogens is 985 g/mol. The van der Waals surface area contributed by atoms with Gasteiger partial charge in [-0.1, -0.05) is 105 Å². The Morgan fingerprint density at radius 2 is 1.25 bits per heavy atom. The van der Waals surface area contributed by atoms with Gasteiger partial charge in [0.2, 0.25) is 41.4 Å². The van der Waals surface area contributed by atoms with Gasteiger partial charge in [-0.05, 0) is 79.3 Å². The Morgan fingerprint density at radius 1 is 0.649 bits per heavy atom. The number of aliphatic imine (C=N–C) groups is 2. The predicted molar refractivity (Wildman–Crippen MR) is 294 cm³/mol. The third-order valence-electron chi connectivity index (χ3n) is 12.6. The zero-order valence-electron chi connectivity index (χ0n) is 43.8. The largest absolute Gasteiger partial charge is 0.370 e. The molecule has 0 aromatic heterocycles. The molecule has 4 aromatic carbocycles. The van der Waals surface area contributed by atoms with E-state index in [1.54, 1.807) is 50.2 Å². The van der Waals surface area contributed by atoms with E-state index < -0.39 is 83.4 Å². The van der Waals surface area contributed by atoms with Crippen molar-refractivity contribution in [3.63, 3.8) is 0 Å². The fourth-order valence-electron chi connectivity index (χ4n) is 8.61. The molecule has 8 amide bonds. The Hall–Kier alpha value is -8.82. The smallest absolute Gasteiger partial charge is 0.251 e. The van der Waals surface area contributed by atoms with Crippen LogP contribution in [0.3, 0.4) is 0 Å². The Bertz CT molecular complexity index is 2720. The molecule has 22 nitrogen and oxygen atoms in total. The monoisotopic (exact) mass is 1060 g/mol. The summed E-state index contributed by atoms with van der Waals surface area (Å²) < 4.78 is 0. The Kier molecular flexibility index (Phi) is 22.9. The van der Waals surface area contributed by atoms with Crippen LogP contribution in [0.1, 0.15) is 80.8 Å². The first-order valence-electron chi connectivity index (χ1n) is 25.6. The normalized spacial score (nSPS) is 14.3. The number of carbonyl (C=O) groups is 8. The Labute approximate surface area is 448 Å². The number of amides is 8. The summed E-state index contributed by atoms with van der Waals surface area (Å²) in [5.41, 5.74) is 25.3. The van der Waals surface area contributed by atoms with Crippen molar-refractivity contribution in [2.75, 3.05) is 31.5 Å².